The summed E-state index contributed by atoms with van der Waals surface area (Å²) >= 11 is 8.79. The molecular formula is C12H6BrClF3NO2. The maximum absolute atomic E-state index is 12.4. The van der Waals surface area contributed by atoms with Gasteiger partial charge in [0.2, 0.25) is 5.88 Å². The maximum atomic E-state index is 12.4. The summed E-state index contributed by atoms with van der Waals surface area (Å²) in [4.78, 5) is 3.52. The Morgan fingerprint density at radius 3 is 2.50 bits per heavy atom. The molecule has 0 radical (unpaired) electrons. The van der Waals surface area contributed by atoms with Gasteiger partial charge in [0.05, 0.1) is 10.0 Å². The third-order valence-corrected chi connectivity index (χ3v) is 3.21. The number of pyridine rings is 1. The van der Waals surface area contributed by atoms with Crippen molar-refractivity contribution >= 4 is 27.5 Å². The number of nitrogens with zero attached hydrogens (tertiary/aromatic N) is 1. The van der Waals surface area contributed by atoms with Crippen LogP contribution in [0.25, 0.3) is 0 Å². The summed E-state index contributed by atoms with van der Waals surface area (Å²) in [5.41, 5.74) is -0.964. The van der Waals surface area contributed by atoms with Crippen LogP contribution in [0.5, 0.6) is 17.4 Å². The number of phenols is 1. The fourth-order valence-electron chi connectivity index (χ4n) is 1.32. The first kappa shape index (κ1) is 14.9. The Labute approximate surface area is 125 Å². The minimum absolute atomic E-state index is 0.0782. The molecule has 0 spiro atoms. The van der Waals surface area contributed by atoms with Gasteiger partial charge in [0.25, 0.3) is 0 Å². The first-order chi connectivity index (χ1) is 9.27. The molecule has 0 aliphatic heterocycles. The number of hydrogen-bond donors (Lipinski definition) is 1. The number of halogens is 5. The van der Waals surface area contributed by atoms with Gasteiger partial charge in [0.1, 0.15) is 16.5 Å². The van der Waals surface area contributed by atoms with E-state index in [-0.39, 0.29) is 22.4 Å². The predicted octanol–water partition coefficient (Wildman–Crippen LogP) is 5.01. The van der Waals surface area contributed by atoms with Crippen molar-refractivity contribution in [1.29, 1.82) is 0 Å². The van der Waals surface area contributed by atoms with Crippen molar-refractivity contribution in [3.8, 4) is 17.4 Å². The summed E-state index contributed by atoms with van der Waals surface area (Å²) in [5, 5.41) is 9.19. The lowest BCUT2D eigenvalue weighted by molar-refractivity contribution is -0.137. The van der Waals surface area contributed by atoms with Gasteiger partial charge in [-0.15, -0.1) is 0 Å². The predicted molar refractivity (Wildman–Crippen MR) is 70.1 cm³/mol. The van der Waals surface area contributed by atoms with Crippen LogP contribution in [-0.4, -0.2) is 10.1 Å². The van der Waals surface area contributed by atoms with Gasteiger partial charge >= 0.3 is 6.18 Å². The first-order valence-electron chi connectivity index (χ1n) is 5.16. The molecule has 0 atom stereocenters. The molecule has 0 saturated heterocycles. The summed E-state index contributed by atoms with van der Waals surface area (Å²) in [7, 11) is 0. The largest absolute Gasteiger partial charge is 0.507 e. The van der Waals surface area contributed by atoms with Crippen LogP contribution in [0.1, 0.15) is 5.56 Å². The molecule has 0 fully saturated rings. The summed E-state index contributed by atoms with van der Waals surface area (Å²) in [6.45, 7) is 0. The van der Waals surface area contributed by atoms with Gasteiger partial charge in [0, 0.05) is 12.3 Å². The zero-order valence-electron chi connectivity index (χ0n) is 9.58. The van der Waals surface area contributed by atoms with Crippen molar-refractivity contribution < 1.29 is 23.0 Å². The van der Waals surface area contributed by atoms with Gasteiger partial charge in [-0.3, -0.25) is 0 Å². The van der Waals surface area contributed by atoms with Crippen LogP contribution >= 0.6 is 27.5 Å². The molecule has 3 nitrogen and oxygen atoms in total. The Kier molecular flexibility index (Phi) is 4.10. The van der Waals surface area contributed by atoms with Gasteiger partial charge in [-0.1, -0.05) is 11.6 Å². The molecule has 0 aliphatic rings. The second kappa shape index (κ2) is 5.49. The highest BCUT2D eigenvalue weighted by atomic mass is 79.9. The second-order valence-electron chi connectivity index (χ2n) is 3.72. The van der Waals surface area contributed by atoms with E-state index < -0.39 is 11.7 Å². The fraction of sp³-hybridized carbons (Fsp3) is 0.0833. The Bertz CT molecular complexity index is 649. The van der Waals surface area contributed by atoms with Crippen molar-refractivity contribution in [3.63, 3.8) is 0 Å². The molecule has 0 saturated carbocycles. The van der Waals surface area contributed by atoms with E-state index in [1.165, 1.54) is 18.2 Å². The summed E-state index contributed by atoms with van der Waals surface area (Å²) in [6, 6.07) is 5.02. The Morgan fingerprint density at radius 2 is 1.95 bits per heavy atom. The molecule has 1 N–H and O–H groups in total. The third-order valence-electron chi connectivity index (χ3n) is 2.27. The summed E-state index contributed by atoms with van der Waals surface area (Å²) in [6.07, 6.45) is -3.90. The van der Waals surface area contributed by atoms with E-state index in [9.17, 15) is 18.3 Å². The lowest BCUT2D eigenvalue weighted by Crippen LogP contribution is -2.05. The van der Waals surface area contributed by atoms with Gasteiger partial charge < -0.3 is 9.84 Å². The molecular weight excluding hydrogens is 362 g/mol. The van der Waals surface area contributed by atoms with Crippen molar-refractivity contribution in [2.75, 3.05) is 0 Å². The quantitative estimate of drug-likeness (QED) is 0.810. The first-order valence-corrected chi connectivity index (χ1v) is 6.33. The molecule has 1 aromatic heterocycles. The highest BCUT2D eigenvalue weighted by molar-refractivity contribution is 9.10. The SMILES string of the molecule is Oc1cc(Oc2ncc(C(F)(F)F)cc2Cl)ccc1Br. The molecule has 0 aliphatic carbocycles. The van der Waals surface area contributed by atoms with Gasteiger partial charge in [-0.05, 0) is 34.1 Å². The fourth-order valence-corrected chi connectivity index (χ4v) is 1.77. The Balaban J connectivity index is 2.28. The van der Waals surface area contributed by atoms with Gasteiger partial charge in [-0.25, -0.2) is 4.98 Å². The van der Waals surface area contributed by atoms with E-state index in [0.29, 0.717) is 10.7 Å². The van der Waals surface area contributed by atoms with E-state index in [2.05, 4.69) is 20.9 Å². The molecule has 1 aromatic carbocycles. The zero-order chi connectivity index (χ0) is 14.9. The van der Waals surface area contributed by atoms with E-state index in [1.54, 1.807) is 0 Å². The highest BCUT2D eigenvalue weighted by Gasteiger charge is 2.31. The minimum Gasteiger partial charge on any atom is -0.507 e. The van der Waals surface area contributed by atoms with Crippen LogP contribution < -0.4 is 4.74 Å². The number of ether oxygens (including phenoxy) is 1. The van der Waals surface area contributed by atoms with Crippen molar-refractivity contribution in [2.45, 2.75) is 6.18 Å². The Morgan fingerprint density at radius 1 is 1.25 bits per heavy atom. The lowest BCUT2D eigenvalue weighted by atomic mass is 10.3. The summed E-state index contributed by atoms with van der Waals surface area (Å²) < 4.78 is 43.0. The smallest absolute Gasteiger partial charge is 0.417 e. The molecule has 1 heterocycles. The van der Waals surface area contributed by atoms with Crippen LogP contribution in [0.3, 0.4) is 0 Å². The van der Waals surface area contributed by atoms with E-state index in [1.807, 2.05) is 0 Å². The average Bonchev–Trinajstić information content (AvgIpc) is 2.35. The number of alkyl halides is 3. The Hall–Kier alpha value is -1.47. The van der Waals surface area contributed by atoms with Crippen molar-refractivity contribution in [3.05, 3.63) is 45.5 Å². The van der Waals surface area contributed by atoms with E-state index >= 15 is 0 Å². The number of aromatic hydroxyl groups is 1. The molecule has 0 bridgehead atoms. The molecule has 0 amide bonds. The number of benzene rings is 1. The van der Waals surface area contributed by atoms with Crippen LogP contribution in [-0.2, 0) is 6.18 Å². The number of rotatable bonds is 2. The number of hydrogen-bond acceptors (Lipinski definition) is 3. The van der Waals surface area contributed by atoms with Crippen LogP contribution in [0.4, 0.5) is 13.2 Å². The van der Waals surface area contributed by atoms with Gasteiger partial charge in [-0.2, -0.15) is 13.2 Å². The van der Waals surface area contributed by atoms with E-state index in [0.717, 1.165) is 6.07 Å². The van der Waals surface area contributed by atoms with Crippen LogP contribution in [0.15, 0.2) is 34.9 Å². The van der Waals surface area contributed by atoms with Crippen molar-refractivity contribution in [2.24, 2.45) is 0 Å². The molecule has 8 heteroatoms. The monoisotopic (exact) mass is 367 g/mol. The van der Waals surface area contributed by atoms with Crippen molar-refractivity contribution in [1.82, 2.24) is 4.98 Å². The highest BCUT2D eigenvalue weighted by Crippen LogP contribution is 2.36. The molecule has 20 heavy (non-hydrogen) atoms. The zero-order valence-corrected chi connectivity index (χ0v) is 11.9. The second-order valence-corrected chi connectivity index (χ2v) is 4.99. The number of phenolic OH excluding ortho intramolecular Hbond substituents is 1. The lowest BCUT2D eigenvalue weighted by Gasteiger charge is -2.10. The normalized spacial score (nSPS) is 11.4. The molecule has 2 aromatic rings. The molecule has 0 unspecified atom stereocenters. The molecule has 106 valence electrons. The standard InChI is InChI=1S/C12H6BrClF3NO2/c13-8-2-1-7(4-10(8)19)20-11-9(14)3-6(5-18-11)12(15,16)17/h1-5,19H. The molecule has 2 rings (SSSR count). The third kappa shape index (κ3) is 3.34. The average molecular weight is 369 g/mol. The van der Waals surface area contributed by atoms with Crippen LogP contribution in [0, 0.1) is 0 Å². The van der Waals surface area contributed by atoms with Gasteiger partial charge in [0.15, 0.2) is 0 Å². The summed E-state index contributed by atoms with van der Waals surface area (Å²) in [5.74, 6) is -0.0632. The topological polar surface area (TPSA) is 42.4 Å². The number of aromatic nitrogens is 1. The minimum atomic E-state index is -4.52. The van der Waals surface area contributed by atoms with Crippen LogP contribution in [0.2, 0.25) is 5.02 Å². The maximum Gasteiger partial charge on any atom is 0.417 e. The van der Waals surface area contributed by atoms with E-state index in [4.69, 9.17) is 16.3 Å².